The molecule has 0 atom stereocenters. The predicted molar refractivity (Wildman–Crippen MR) is 107 cm³/mol. The Morgan fingerprint density at radius 3 is 2.50 bits per heavy atom. The summed E-state index contributed by atoms with van der Waals surface area (Å²) in [6.07, 6.45) is 0. The number of carbonyl (C=O) groups excluding carboxylic acids is 2. The molecule has 0 amide bonds. The van der Waals surface area contributed by atoms with Gasteiger partial charge in [-0.05, 0) is 19.1 Å². The maximum absolute atomic E-state index is 12.8. The zero-order valence-electron chi connectivity index (χ0n) is 17.1. The van der Waals surface area contributed by atoms with Crippen molar-refractivity contribution in [2.45, 2.75) is 20.4 Å². The maximum Gasteiger partial charge on any atom is 0.344 e. The zero-order valence-corrected chi connectivity index (χ0v) is 17.1. The highest BCUT2D eigenvalue weighted by atomic mass is 16.6. The number of benzene rings is 1. The summed E-state index contributed by atoms with van der Waals surface area (Å²) in [5, 5.41) is 36.5. The lowest BCUT2D eigenvalue weighted by molar-refractivity contribution is -0.157. The average molecular weight is 442 g/mol. The lowest BCUT2D eigenvalue weighted by Gasteiger charge is -2.13. The summed E-state index contributed by atoms with van der Waals surface area (Å²) in [7, 11) is 0. The number of pyridine rings is 1. The van der Waals surface area contributed by atoms with Crippen molar-refractivity contribution >= 4 is 29.3 Å². The number of aromatic carboxylic acids is 1. The summed E-state index contributed by atoms with van der Waals surface area (Å²) in [4.78, 5) is 46.4. The van der Waals surface area contributed by atoms with E-state index in [-0.39, 0.29) is 41.2 Å². The highest BCUT2D eigenvalue weighted by Gasteiger charge is 2.20. The summed E-state index contributed by atoms with van der Waals surface area (Å²) < 4.78 is 10.1. The van der Waals surface area contributed by atoms with Crippen LogP contribution in [0.15, 0.2) is 39.3 Å². The molecule has 0 radical (unpaired) electrons. The molecule has 2 rings (SSSR count). The first-order valence-corrected chi connectivity index (χ1v) is 9.06. The van der Waals surface area contributed by atoms with Gasteiger partial charge < -0.3 is 19.7 Å². The maximum atomic E-state index is 12.8. The van der Waals surface area contributed by atoms with Crippen LogP contribution in [0.5, 0.6) is 5.88 Å². The molecule has 0 spiro atoms. The van der Waals surface area contributed by atoms with Crippen molar-refractivity contribution in [3.05, 3.63) is 51.3 Å². The molecule has 0 aliphatic carbocycles. The third-order valence-electron chi connectivity index (χ3n) is 4.13. The van der Waals surface area contributed by atoms with E-state index >= 15 is 0 Å². The van der Waals surface area contributed by atoms with E-state index in [9.17, 15) is 34.7 Å². The normalized spacial score (nSPS) is 10.5. The first-order chi connectivity index (χ1) is 15.2. The summed E-state index contributed by atoms with van der Waals surface area (Å²) in [6.45, 7) is 1.17. The van der Waals surface area contributed by atoms with Crippen molar-refractivity contribution in [1.82, 2.24) is 4.57 Å². The Morgan fingerprint density at radius 1 is 1.19 bits per heavy atom. The van der Waals surface area contributed by atoms with E-state index in [1.807, 2.05) is 0 Å². The predicted octanol–water partition coefficient (Wildman–Crippen LogP) is 1.95. The quantitative estimate of drug-likeness (QED) is 0.456. The highest BCUT2D eigenvalue weighted by Crippen LogP contribution is 2.27. The van der Waals surface area contributed by atoms with Gasteiger partial charge >= 0.3 is 17.9 Å². The van der Waals surface area contributed by atoms with E-state index in [1.54, 1.807) is 6.07 Å². The third-order valence-corrected chi connectivity index (χ3v) is 4.13. The van der Waals surface area contributed by atoms with Gasteiger partial charge in [0.25, 0.3) is 5.56 Å². The molecule has 0 aliphatic rings. The number of hydrogen-bond acceptors (Lipinski definition) is 10. The Hall–Kier alpha value is -4.53. The van der Waals surface area contributed by atoms with Crippen molar-refractivity contribution in [2.24, 2.45) is 10.2 Å². The zero-order chi connectivity index (χ0) is 23.8. The Morgan fingerprint density at radius 2 is 1.88 bits per heavy atom. The SMILES string of the molecule is CC(=O)OCC(=O)OCCn1c(O)c(C#N)c(C)c(N=Nc2ccccc2C(=O)O)c1=O. The number of ether oxygens (including phenoxy) is 2. The van der Waals surface area contributed by atoms with Gasteiger partial charge in [0, 0.05) is 12.5 Å². The van der Waals surface area contributed by atoms with Crippen LogP contribution in [0.2, 0.25) is 0 Å². The molecular weight excluding hydrogens is 424 g/mol. The van der Waals surface area contributed by atoms with Crippen LogP contribution in [-0.2, 0) is 25.6 Å². The van der Waals surface area contributed by atoms with E-state index in [1.165, 1.54) is 31.2 Å². The van der Waals surface area contributed by atoms with Crippen LogP contribution < -0.4 is 5.56 Å². The van der Waals surface area contributed by atoms with Crippen molar-refractivity contribution in [1.29, 1.82) is 5.26 Å². The van der Waals surface area contributed by atoms with Crippen molar-refractivity contribution in [2.75, 3.05) is 13.2 Å². The van der Waals surface area contributed by atoms with Gasteiger partial charge in [0.2, 0.25) is 5.88 Å². The van der Waals surface area contributed by atoms with Crippen LogP contribution in [0.4, 0.5) is 11.4 Å². The van der Waals surface area contributed by atoms with E-state index in [2.05, 4.69) is 15.0 Å². The molecule has 0 saturated carbocycles. The van der Waals surface area contributed by atoms with E-state index in [0.29, 0.717) is 0 Å². The molecule has 1 heterocycles. The van der Waals surface area contributed by atoms with Crippen LogP contribution in [0.25, 0.3) is 0 Å². The molecule has 12 nitrogen and oxygen atoms in total. The monoisotopic (exact) mass is 442 g/mol. The minimum absolute atomic E-state index is 0.0173. The van der Waals surface area contributed by atoms with Gasteiger partial charge in [0.1, 0.15) is 23.9 Å². The molecule has 0 aliphatic heterocycles. The van der Waals surface area contributed by atoms with Crippen LogP contribution in [-0.4, -0.2) is 45.9 Å². The highest BCUT2D eigenvalue weighted by molar-refractivity contribution is 5.93. The lowest BCUT2D eigenvalue weighted by atomic mass is 10.1. The number of carbonyl (C=O) groups is 3. The van der Waals surface area contributed by atoms with E-state index < -0.39 is 36.0 Å². The second-order valence-electron chi connectivity index (χ2n) is 6.26. The van der Waals surface area contributed by atoms with Crippen LogP contribution >= 0.6 is 0 Å². The summed E-state index contributed by atoms with van der Waals surface area (Å²) >= 11 is 0. The Kier molecular flexibility index (Phi) is 7.78. The second-order valence-corrected chi connectivity index (χ2v) is 6.26. The summed E-state index contributed by atoms with van der Waals surface area (Å²) in [5.41, 5.74) is -1.52. The molecule has 32 heavy (non-hydrogen) atoms. The molecule has 0 unspecified atom stereocenters. The third kappa shape index (κ3) is 5.54. The number of nitrogens with zero attached hydrogens (tertiary/aromatic N) is 4. The molecule has 12 heteroatoms. The molecular formula is C20H18N4O8. The number of carboxylic acids is 1. The van der Waals surface area contributed by atoms with Gasteiger partial charge in [0.15, 0.2) is 12.3 Å². The number of aromatic nitrogens is 1. The smallest absolute Gasteiger partial charge is 0.344 e. The average Bonchev–Trinajstić information content (AvgIpc) is 2.75. The standard InChI is InChI=1S/C20H18N4O8/c1-11-14(9-21)18(27)24(7-8-31-16(26)10-32-12(2)25)19(28)17(11)23-22-15-6-4-3-5-13(15)20(29)30/h3-6,27H,7-8,10H2,1-2H3,(H,29,30). The van der Waals surface area contributed by atoms with Gasteiger partial charge in [-0.1, -0.05) is 12.1 Å². The number of esters is 2. The summed E-state index contributed by atoms with van der Waals surface area (Å²) in [6, 6.07) is 7.49. The van der Waals surface area contributed by atoms with Gasteiger partial charge in [-0.15, -0.1) is 10.2 Å². The molecule has 2 aromatic rings. The number of nitriles is 1. The van der Waals surface area contributed by atoms with Gasteiger partial charge in [-0.25, -0.2) is 9.59 Å². The molecule has 166 valence electrons. The molecule has 0 bridgehead atoms. The Bertz CT molecular complexity index is 1190. The largest absolute Gasteiger partial charge is 0.493 e. The molecule has 0 fully saturated rings. The van der Waals surface area contributed by atoms with Gasteiger partial charge in [-0.2, -0.15) is 5.26 Å². The second kappa shape index (κ2) is 10.5. The molecule has 2 N–H and O–H groups in total. The molecule has 1 aromatic carbocycles. The number of aromatic hydroxyl groups is 1. The number of hydrogen-bond donors (Lipinski definition) is 2. The number of azo groups is 1. The van der Waals surface area contributed by atoms with Crippen molar-refractivity contribution in [3.8, 4) is 11.9 Å². The van der Waals surface area contributed by atoms with Crippen LogP contribution in [0.3, 0.4) is 0 Å². The van der Waals surface area contributed by atoms with E-state index in [4.69, 9.17) is 4.74 Å². The summed E-state index contributed by atoms with van der Waals surface area (Å²) in [5.74, 6) is -3.44. The number of rotatable bonds is 8. The fraction of sp³-hybridized carbons (Fsp3) is 0.250. The van der Waals surface area contributed by atoms with Gasteiger partial charge in [0.05, 0.1) is 12.1 Å². The number of carboxylic acid groups (broad SMARTS) is 1. The van der Waals surface area contributed by atoms with E-state index in [0.717, 1.165) is 11.5 Å². The Labute approximate surface area is 181 Å². The fourth-order valence-corrected chi connectivity index (χ4v) is 2.56. The van der Waals surface area contributed by atoms with Gasteiger partial charge in [-0.3, -0.25) is 14.2 Å². The Balaban J connectivity index is 2.37. The minimum atomic E-state index is -1.24. The topological polar surface area (TPSA) is 181 Å². The van der Waals surface area contributed by atoms with Crippen molar-refractivity contribution in [3.63, 3.8) is 0 Å². The lowest BCUT2D eigenvalue weighted by Crippen LogP contribution is -2.25. The first-order valence-electron chi connectivity index (χ1n) is 9.06. The fourth-order valence-electron chi connectivity index (χ4n) is 2.56. The van der Waals surface area contributed by atoms with Crippen LogP contribution in [0.1, 0.15) is 28.4 Å². The first kappa shape index (κ1) is 23.7. The molecule has 1 aromatic heterocycles. The molecule has 0 saturated heterocycles. The van der Waals surface area contributed by atoms with Crippen LogP contribution in [0, 0.1) is 18.3 Å². The minimum Gasteiger partial charge on any atom is -0.493 e. The van der Waals surface area contributed by atoms with Crippen molar-refractivity contribution < 1.29 is 34.1 Å².